The second-order valence-corrected chi connectivity index (χ2v) is 10.5. The number of aliphatic hydroxyl groups is 1. The number of nitrogens with one attached hydrogen (secondary N) is 2. The van der Waals surface area contributed by atoms with Crippen molar-refractivity contribution in [1.82, 2.24) is 25.1 Å². The number of carbonyl (C=O) groups excluding carboxylic acids is 2. The van der Waals surface area contributed by atoms with E-state index in [0.29, 0.717) is 78.0 Å². The molecule has 1 aliphatic rings. The molecule has 3 N–H and O–H groups in total. The number of anilines is 2. The summed E-state index contributed by atoms with van der Waals surface area (Å²) >= 11 is 0. The fraction of sp³-hybridized carbons (Fsp3) is 0.387. The van der Waals surface area contributed by atoms with Gasteiger partial charge in [-0.3, -0.25) is 9.59 Å². The van der Waals surface area contributed by atoms with Crippen LogP contribution in [0.3, 0.4) is 0 Å². The van der Waals surface area contributed by atoms with Crippen molar-refractivity contribution in [2.24, 2.45) is 0 Å². The molecule has 2 aromatic carbocycles. The summed E-state index contributed by atoms with van der Waals surface area (Å²) in [5, 5.41) is 25.4. The maximum Gasteiger partial charge on any atom is 0.255 e. The van der Waals surface area contributed by atoms with Gasteiger partial charge in [0.05, 0.1) is 23.9 Å². The molecule has 0 radical (unpaired) electrons. The van der Waals surface area contributed by atoms with Gasteiger partial charge in [-0.1, -0.05) is 0 Å². The zero-order valence-corrected chi connectivity index (χ0v) is 24.8. The number of aliphatic hydroxyl groups excluding tert-OH is 1. The minimum absolute atomic E-state index is 0.140. The maximum atomic E-state index is 12.6. The molecule has 1 aliphatic heterocycles. The lowest BCUT2D eigenvalue weighted by molar-refractivity contribution is -0.141. The molecule has 12 heteroatoms. The van der Waals surface area contributed by atoms with Crippen LogP contribution in [0, 0.1) is 11.3 Å². The van der Waals surface area contributed by atoms with Crippen molar-refractivity contribution in [1.29, 1.82) is 5.26 Å². The maximum absolute atomic E-state index is 12.6. The Bertz CT molecular complexity index is 1480. The Labute approximate surface area is 251 Å². The fourth-order valence-electron chi connectivity index (χ4n) is 4.67. The summed E-state index contributed by atoms with van der Waals surface area (Å²) in [5.74, 6) is 0.713. The number of aromatic nitrogens is 2. The Balaban J connectivity index is 1.43. The van der Waals surface area contributed by atoms with Crippen LogP contribution >= 0.6 is 0 Å². The number of hydrogen-bond donors (Lipinski definition) is 3. The Morgan fingerprint density at radius 2 is 1.93 bits per heavy atom. The first-order chi connectivity index (χ1) is 20.7. The molecule has 1 fully saturated rings. The number of likely N-dealkylation sites (N-methyl/N-ethyl adjacent to an activating group) is 1. The van der Waals surface area contributed by atoms with Gasteiger partial charge < -0.3 is 35.0 Å². The van der Waals surface area contributed by atoms with Crippen LogP contribution in [-0.2, 0) is 4.79 Å². The molecule has 2 heterocycles. The van der Waals surface area contributed by atoms with Crippen molar-refractivity contribution in [3.05, 3.63) is 59.8 Å². The fourth-order valence-corrected chi connectivity index (χ4v) is 4.67. The van der Waals surface area contributed by atoms with E-state index in [1.807, 2.05) is 25.1 Å². The third-order valence-corrected chi connectivity index (χ3v) is 7.00. The van der Waals surface area contributed by atoms with Gasteiger partial charge in [-0.2, -0.15) is 5.26 Å². The Morgan fingerprint density at radius 3 is 2.60 bits per heavy atom. The van der Waals surface area contributed by atoms with Crippen LogP contribution in [0.15, 0.2) is 48.7 Å². The smallest absolute Gasteiger partial charge is 0.255 e. The van der Waals surface area contributed by atoms with E-state index in [9.17, 15) is 20.0 Å². The predicted octanol–water partition coefficient (Wildman–Crippen LogP) is 2.81. The second-order valence-electron chi connectivity index (χ2n) is 10.5. The lowest BCUT2D eigenvalue weighted by Gasteiger charge is -2.33. The molecular formula is C31H37N7O5. The van der Waals surface area contributed by atoms with E-state index in [1.165, 1.54) is 14.0 Å². The number of benzene rings is 2. The third kappa shape index (κ3) is 8.18. The highest BCUT2D eigenvalue weighted by molar-refractivity contribution is 5.97. The molecule has 2 amide bonds. The van der Waals surface area contributed by atoms with E-state index in [1.54, 1.807) is 47.5 Å². The number of piperidine rings is 1. The van der Waals surface area contributed by atoms with Crippen molar-refractivity contribution in [2.75, 3.05) is 52.7 Å². The Morgan fingerprint density at radius 1 is 1.16 bits per heavy atom. The molecule has 4 rings (SSSR count). The molecule has 0 spiro atoms. The van der Waals surface area contributed by atoms with Gasteiger partial charge in [-0.05, 0) is 57.4 Å². The van der Waals surface area contributed by atoms with E-state index >= 15 is 0 Å². The number of ether oxygens (including phenoxy) is 2. The van der Waals surface area contributed by atoms with E-state index in [2.05, 4.69) is 26.7 Å². The number of rotatable bonds is 11. The predicted molar refractivity (Wildman–Crippen MR) is 161 cm³/mol. The van der Waals surface area contributed by atoms with E-state index in [-0.39, 0.29) is 17.9 Å². The number of nitriles is 1. The van der Waals surface area contributed by atoms with Crippen molar-refractivity contribution in [3.8, 4) is 28.8 Å². The van der Waals surface area contributed by atoms with Crippen molar-refractivity contribution in [3.63, 3.8) is 0 Å². The van der Waals surface area contributed by atoms with Gasteiger partial charge in [0.1, 0.15) is 29.8 Å². The highest BCUT2D eigenvalue weighted by atomic mass is 16.5. The summed E-state index contributed by atoms with van der Waals surface area (Å²) < 4.78 is 11.6. The standard InChI is InChI=1S/C31H37N7O5/c1-20(39)30(41)38-14-10-24(11-15-38)43-27-8-5-21(17-22(27)19-32)26-9-12-34-31(36-26)35-23-6-7-25(28(18-23)42-4)29(40)33-13-16-37(2)3/h5-9,12,17-18,20,24,39H,10-11,13-16H2,1-4H3,(H,33,40)(H,34,35,36)/t20-/m0/s1. The summed E-state index contributed by atoms with van der Waals surface area (Å²) in [6.45, 7) is 3.68. The molecule has 1 atom stereocenters. The molecule has 43 heavy (non-hydrogen) atoms. The molecule has 1 aromatic heterocycles. The molecule has 226 valence electrons. The molecule has 0 saturated carbocycles. The van der Waals surface area contributed by atoms with Crippen LogP contribution in [0.2, 0.25) is 0 Å². The average Bonchev–Trinajstić information content (AvgIpc) is 3.01. The Kier molecular flexibility index (Phi) is 10.5. The Hall–Kier alpha value is -4.73. The molecule has 3 aromatic rings. The quantitative estimate of drug-likeness (QED) is 0.305. The summed E-state index contributed by atoms with van der Waals surface area (Å²) in [5.41, 5.74) is 2.76. The zero-order chi connectivity index (χ0) is 30.9. The highest BCUT2D eigenvalue weighted by Crippen LogP contribution is 2.29. The lowest BCUT2D eigenvalue weighted by atomic mass is 10.1. The van der Waals surface area contributed by atoms with Crippen LogP contribution in [0.5, 0.6) is 11.5 Å². The lowest BCUT2D eigenvalue weighted by Crippen LogP contribution is -2.45. The number of hydrogen-bond acceptors (Lipinski definition) is 10. The first kappa shape index (κ1) is 31.2. The number of amides is 2. The molecule has 0 aliphatic carbocycles. The van der Waals surface area contributed by atoms with Crippen molar-refractivity contribution >= 4 is 23.5 Å². The monoisotopic (exact) mass is 587 g/mol. The minimum atomic E-state index is -1.02. The molecule has 0 bridgehead atoms. The molecular weight excluding hydrogens is 550 g/mol. The van der Waals surface area contributed by atoms with Crippen LogP contribution in [0.1, 0.15) is 35.7 Å². The number of carbonyl (C=O) groups is 2. The largest absolute Gasteiger partial charge is 0.496 e. The van der Waals surface area contributed by atoms with Gasteiger partial charge in [0.15, 0.2) is 0 Å². The van der Waals surface area contributed by atoms with Gasteiger partial charge in [0, 0.05) is 62.5 Å². The van der Waals surface area contributed by atoms with Crippen molar-refractivity contribution < 1.29 is 24.2 Å². The molecule has 0 unspecified atom stereocenters. The van der Waals surface area contributed by atoms with Gasteiger partial charge in [-0.25, -0.2) is 9.97 Å². The number of nitrogens with zero attached hydrogens (tertiary/aromatic N) is 5. The zero-order valence-electron chi connectivity index (χ0n) is 24.8. The topological polar surface area (TPSA) is 153 Å². The first-order valence-corrected chi connectivity index (χ1v) is 14.1. The summed E-state index contributed by atoms with van der Waals surface area (Å²) in [4.78, 5) is 37.2. The summed E-state index contributed by atoms with van der Waals surface area (Å²) in [7, 11) is 5.39. The van der Waals surface area contributed by atoms with E-state index < -0.39 is 6.10 Å². The van der Waals surface area contributed by atoms with Gasteiger partial charge in [0.2, 0.25) is 5.95 Å². The van der Waals surface area contributed by atoms with E-state index in [0.717, 1.165) is 6.54 Å². The van der Waals surface area contributed by atoms with Crippen LogP contribution < -0.4 is 20.1 Å². The highest BCUT2D eigenvalue weighted by Gasteiger charge is 2.26. The van der Waals surface area contributed by atoms with Gasteiger partial charge in [-0.15, -0.1) is 0 Å². The first-order valence-electron chi connectivity index (χ1n) is 14.1. The minimum Gasteiger partial charge on any atom is -0.496 e. The van der Waals surface area contributed by atoms with Crippen LogP contribution in [-0.4, -0.2) is 96.3 Å². The van der Waals surface area contributed by atoms with Gasteiger partial charge >= 0.3 is 0 Å². The van der Waals surface area contributed by atoms with Crippen molar-refractivity contribution in [2.45, 2.75) is 32.0 Å². The summed E-state index contributed by atoms with van der Waals surface area (Å²) in [6, 6.07) is 14.4. The van der Waals surface area contributed by atoms with Gasteiger partial charge in [0.25, 0.3) is 11.8 Å². The van der Waals surface area contributed by atoms with Crippen LogP contribution in [0.4, 0.5) is 11.6 Å². The summed E-state index contributed by atoms with van der Waals surface area (Å²) in [6.07, 6.45) is 1.68. The van der Waals surface area contributed by atoms with Crippen LogP contribution in [0.25, 0.3) is 11.3 Å². The number of methoxy groups -OCH3 is 1. The number of likely N-dealkylation sites (tertiary alicyclic amines) is 1. The molecule has 1 saturated heterocycles. The average molecular weight is 588 g/mol. The van der Waals surface area contributed by atoms with E-state index in [4.69, 9.17) is 9.47 Å². The third-order valence-electron chi connectivity index (χ3n) is 7.00. The SMILES string of the molecule is COc1cc(Nc2nccc(-c3ccc(OC4CCN(C(=O)[C@H](C)O)CC4)c(C#N)c3)n2)ccc1C(=O)NCCN(C)C. The molecule has 12 nitrogen and oxygen atoms in total. The normalized spacial score (nSPS) is 14.1. The second kappa shape index (κ2) is 14.4.